The zero-order valence-electron chi connectivity index (χ0n) is 14.5. The van der Waals surface area contributed by atoms with Gasteiger partial charge in [0.2, 0.25) is 5.91 Å². The molecule has 0 unspecified atom stereocenters. The van der Waals surface area contributed by atoms with E-state index in [1.807, 2.05) is 32.2 Å². The number of hydrogen-bond acceptors (Lipinski definition) is 3. The Morgan fingerprint density at radius 2 is 1.77 bits per heavy atom. The Morgan fingerprint density at radius 1 is 1.18 bits per heavy atom. The average Bonchev–Trinajstić information content (AvgIpc) is 2.85. The molecular weight excluding hydrogens is 294 g/mol. The van der Waals surface area contributed by atoms with Crippen LogP contribution in [-0.4, -0.2) is 11.7 Å². The zero-order chi connectivity index (χ0) is 16.8. The molecule has 1 aromatic rings. The van der Waals surface area contributed by atoms with Crippen LogP contribution in [-0.2, 0) is 4.79 Å². The maximum Gasteiger partial charge on any atom is 0.225 e. The number of rotatable bonds is 8. The van der Waals surface area contributed by atoms with E-state index in [0.29, 0.717) is 22.9 Å². The van der Waals surface area contributed by atoms with Crippen molar-refractivity contribution in [2.24, 2.45) is 11.3 Å². The van der Waals surface area contributed by atoms with E-state index in [1.54, 1.807) is 0 Å². The molecule has 1 N–H and O–H groups in total. The first-order valence-corrected chi connectivity index (χ1v) is 9.09. The van der Waals surface area contributed by atoms with Crippen molar-refractivity contribution in [3.05, 3.63) is 17.0 Å². The second-order valence-electron chi connectivity index (χ2n) is 6.94. The Bertz CT molecular complexity index is 493. The van der Waals surface area contributed by atoms with Crippen LogP contribution in [0.3, 0.4) is 0 Å². The molecule has 1 amide bonds. The molecule has 1 heterocycles. The highest BCUT2D eigenvalue weighted by Crippen LogP contribution is 2.30. The van der Waals surface area contributed by atoms with Gasteiger partial charge in [-0.15, -0.1) is 11.3 Å². The standard InChI is InChI=1S/C18H29NO2S/c1-6-8-13(9-7-2)12-15(20)19-17-14(10-11-22-17)16(21)18(3,4)5/h10-11,13H,6-9,12H2,1-5H3,(H,19,20). The lowest BCUT2D eigenvalue weighted by molar-refractivity contribution is -0.117. The Balaban J connectivity index is 2.73. The number of Topliss-reactive ketones (excluding diaryl/α,β-unsaturated/α-hetero) is 1. The molecule has 0 aliphatic rings. The fraction of sp³-hybridized carbons (Fsp3) is 0.667. The number of nitrogens with one attached hydrogen (secondary N) is 1. The van der Waals surface area contributed by atoms with Gasteiger partial charge >= 0.3 is 0 Å². The average molecular weight is 324 g/mol. The van der Waals surface area contributed by atoms with E-state index in [0.717, 1.165) is 25.7 Å². The minimum absolute atomic E-state index is 0.0253. The van der Waals surface area contributed by atoms with Crippen molar-refractivity contribution in [1.82, 2.24) is 0 Å². The van der Waals surface area contributed by atoms with E-state index in [2.05, 4.69) is 19.2 Å². The molecule has 3 nitrogen and oxygen atoms in total. The second kappa shape index (κ2) is 8.47. The van der Waals surface area contributed by atoms with Gasteiger partial charge in [0, 0.05) is 11.8 Å². The Hall–Kier alpha value is -1.16. The van der Waals surface area contributed by atoms with Crippen molar-refractivity contribution in [2.45, 2.75) is 66.7 Å². The molecule has 0 atom stereocenters. The first kappa shape index (κ1) is 18.9. The van der Waals surface area contributed by atoms with Crippen LogP contribution in [0, 0.1) is 11.3 Å². The van der Waals surface area contributed by atoms with Crippen LogP contribution in [0.25, 0.3) is 0 Å². The highest BCUT2D eigenvalue weighted by molar-refractivity contribution is 7.14. The predicted molar refractivity (Wildman–Crippen MR) is 94.7 cm³/mol. The number of carbonyl (C=O) groups is 2. The summed E-state index contributed by atoms with van der Waals surface area (Å²) in [6, 6.07) is 1.81. The molecule has 0 radical (unpaired) electrons. The van der Waals surface area contributed by atoms with Gasteiger partial charge in [0.1, 0.15) is 5.00 Å². The quantitative estimate of drug-likeness (QED) is 0.640. The minimum atomic E-state index is -0.437. The Morgan fingerprint density at radius 3 is 2.27 bits per heavy atom. The van der Waals surface area contributed by atoms with Crippen LogP contribution < -0.4 is 5.32 Å². The van der Waals surface area contributed by atoms with Crippen LogP contribution in [0.2, 0.25) is 0 Å². The molecule has 0 spiro atoms. The number of thiophene rings is 1. The molecule has 0 aromatic carbocycles. The van der Waals surface area contributed by atoms with Gasteiger partial charge in [0.05, 0.1) is 5.56 Å². The molecule has 0 bridgehead atoms. The summed E-state index contributed by atoms with van der Waals surface area (Å²) in [7, 11) is 0. The summed E-state index contributed by atoms with van der Waals surface area (Å²) in [6.07, 6.45) is 4.91. The fourth-order valence-corrected chi connectivity index (χ4v) is 3.39. The summed E-state index contributed by atoms with van der Waals surface area (Å²) in [4.78, 5) is 24.7. The third-order valence-electron chi connectivity index (χ3n) is 3.71. The van der Waals surface area contributed by atoms with Gasteiger partial charge in [-0.1, -0.05) is 60.3 Å². The highest BCUT2D eigenvalue weighted by atomic mass is 32.1. The third-order valence-corrected chi connectivity index (χ3v) is 4.54. The van der Waals surface area contributed by atoms with Crippen molar-refractivity contribution in [3.8, 4) is 0 Å². The number of hydrogen-bond donors (Lipinski definition) is 1. The van der Waals surface area contributed by atoms with E-state index in [-0.39, 0.29) is 11.7 Å². The molecule has 0 aliphatic heterocycles. The summed E-state index contributed by atoms with van der Waals surface area (Å²) in [5, 5.41) is 5.51. The van der Waals surface area contributed by atoms with E-state index < -0.39 is 5.41 Å². The second-order valence-corrected chi connectivity index (χ2v) is 7.85. The van der Waals surface area contributed by atoms with Gasteiger partial charge in [-0.2, -0.15) is 0 Å². The van der Waals surface area contributed by atoms with Crippen LogP contribution in [0.15, 0.2) is 11.4 Å². The first-order chi connectivity index (χ1) is 10.3. The third kappa shape index (κ3) is 5.56. The topological polar surface area (TPSA) is 46.2 Å². The lowest BCUT2D eigenvalue weighted by Crippen LogP contribution is -2.22. The van der Waals surface area contributed by atoms with Crippen LogP contribution >= 0.6 is 11.3 Å². The molecule has 1 rings (SSSR count). The molecule has 0 saturated carbocycles. The van der Waals surface area contributed by atoms with E-state index >= 15 is 0 Å². The minimum Gasteiger partial charge on any atom is -0.317 e. The molecule has 0 aliphatic carbocycles. The predicted octanol–water partition coefficient (Wildman–Crippen LogP) is 5.52. The number of amides is 1. The van der Waals surface area contributed by atoms with Crippen molar-refractivity contribution in [2.75, 3.05) is 5.32 Å². The Kier molecular flexibility index (Phi) is 7.27. The van der Waals surface area contributed by atoms with Crippen LogP contribution in [0.1, 0.15) is 77.1 Å². The molecule has 4 heteroatoms. The van der Waals surface area contributed by atoms with Crippen LogP contribution in [0.5, 0.6) is 0 Å². The summed E-state index contributed by atoms with van der Waals surface area (Å²) in [6.45, 7) is 10.0. The van der Waals surface area contributed by atoms with Gasteiger partial charge in [-0.25, -0.2) is 0 Å². The van der Waals surface area contributed by atoms with Gasteiger partial charge in [-0.3, -0.25) is 9.59 Å². The van der Waals surface area contributed by atoms with Gasteiger partial charge in [-0.05, 0) is 17.4 Å². The smallest absolute Gasteiger partial charge is 0.225 e. The fourth-order valence-electron chi connectivity index (χ4n) is 2.59. The first-order valence-electron chi connectivity index (χ1n) is 8.21. The van der Waals surface area contributed by atoms with Gasteiger partial charge in [0.25, 0.3) is 0 Å². The summed E-state index contributed by atoms with van der Waals surface area (Å²) in [5.41, 5.74) is 0.196. The lowest BCUT2D eigenvalue weighted by Gasteiger charge is -2.18. The lowest BCUT2D eigenvalue weighted by atomic mass is 9.87. The van der Waals surface area contributed by atoms with Crippen molar-refractivity contribution in [3.63, 3.8) is 0 Å². The zero-order valence-corrected chi connectivity index (χ0v) is 15.3. The van der Waals surface area contributed by atoms with E-state index in [1.165, 1.54) is 11.3 Å². The maximum absolute atomic E-state index is 12.4. The van der Waals surface area contributed by atoms with E-state index in [9.17, 15) is 9.59 Å². The van der Waals surface area contributed by atoms with E-state index in [4.69, 9.17) is 0 Å². The monoisotopic (exact) mass is 323 g/mol. The molecule has 124 valence electrons. The summed E-state index contributed by atoms with van der Waals surface area (Å²) >= 11 is 1.42. The molecule has 22 heavy (non-hydrogen) atoms. The number of carbonyl (C=O) groups excluding carboxylic acids is 2. The number of anilines is 1. The normalized spacial score (nSPS) is 11.7. The Labute approximate surface area is 138 Å². The molecular formula is C18H29NO2S. The van der Waals surface area contributed by atoms with Gasteiger partial charge < -0.3 is 5.32 Å². The van der Waals surface area contributed by atoms with Crippen molar-refractivity contribution >= 4 is 28.0 Å². The number of ketones is 1. The van der Waals surface area contributed by atoms with Crippen molar-refractivity contribution < 1.29 is 9.59 Å². The summed E-state index contributed by atoms with van der Waals surface area (Å²) in [5.74, 6) is 0.539. The SMILES string of the molecule is CCCC(CCC)CC(=O)Nc1sccc1C(=O)C(C)(C)C. The molecule has 0 saturated heterocycles. The van der Waals surface area contributed by atoms with Crippen molar-refractivity contribution in [1.29, 1.82) is 0 Å². The highest BCUT2D eigenvalue weighted by Gasteiger charge is 2.26. The molecule has 1 aromatic heterocycles. The summed E-state index contributed by atoms with van der Waals surface area (Å²) < 4.78 is 0. The van der Waals surface area contributed by atoms with Gasteiger partial charge in [0.15, 0.2) is 5.78 Å². The molecule has 0 fully saturated rings. The van der Waals surface area contributed by atoms with Crippen LogP contribution in [0.4, 0.5) is 5.00 Å². The largest absolute Gasteiger partial charge is 0.317 e. The maximum atomic E-state index is 12.4.